The van der Waals surface area contributed by atoms with E-state index in [0.29, 0.717) is 24.7 Å². The van der Waals surface area contributed by atoms with Crippen molar-refractivity contribution >= 4 is 45.9 Å². The summed E-state index contributed by atoms with van der Waals surface area (Å²) >= 11 is 0. The Hall–Kier alpha value is -7.03. The molecular weight excluding hydrogens is 787 g/mol. The number of alkyl carbamates (subject to hydrolysis) is 2. The highest BCUT2D eigenvalue weighted by atomic mass is 16.5. The largest absolute Gasteiger partial charge is 0.453 e. The molecule has 5 aromatic rings. The van der Waals surface area contributed by atoms with Crippen LogP contribution in [0.4, 0.5) is 9.59 Å². The second-order valence-corrected chi connectivity index (χ2v) is 16.1. The summed E-state index contributed by atoms with van der Waals surface area (Å²) in [5.74, 6) is 0.510. The third kappa shape index (κ3) is 8.09. The molecule has 2 aromatic carbocycles. The van der Waals surface area contributed by atoms with Crippen LogP contribution in [0.15, 0.2) is 103 Å². The van der Waals surface area contributed by atoms with Crippen molar-refractivity contribution in [1.29, 1.82) is 0 Å². The van der Waals surface area contributed by atoms with Gasteiger partial charge >= 0.3 is 12.2 Å². The molecule has 15 heteroatoms. The molecule has 4 amide bonds. The number of carbonyl (C=O) groups is 4. The van der Waals surface area contributed by atoms with Gasteiger partial charge in [0, 0.05) is 41.4 Å². The number of H-pyrrole nitrogens is 2. The molecule has 0 bridgehead atoms. The summed E-state index contributed by atoms with van der Waals surface area (Å²) in [6.45, 7) is 1.12. The van der Waals surface area contributed by atoms with Gasteiger partial charge < -0.3 is 39.9 Å². The van der Waals surface area contributed by atoms with E-state index in [1.807, 2.05) is 94.8 Å². The monoisotopic (exact) mass is 835 g/mol. The number of pyridine rings is 1. The van der Waals surface area contributed by atoms with Gasteiger partial charge in [0.15, 0.2) is 0 Å². The van der Waals surface area contributed by atoms with Gasteiger partial charge in [-0.15, -0.1) is 0 Å². The maximum Gasteiger partial charge on any atom is 0.407 e. The Kier molecular flexibility index (Phi) is 11.4. The van der Waals surface area contributed by atoms with E-state index in [1.54, 1.807) is 6.20 Å². The van der Waals surface area contributed by atoms with Crippen molar-refractivity contribution in [2.45, 2.75) is 62.7 Å². The molecular formula is C47H49N9O6. The molecule has 2 aliphatic heterocycles. The average Bonchev–Trinajstić information content (AvgIpc) is 4.16. The number of imidazole rings is 2. The van der Waals surface area contributed by atoms with E-state index < -0.39 is 24.3 Å². The molecule has 9 rings (SSSR count). The number of allylic oxidation sites excluding steroid dienone is 4. The molecule has 5 heterocycles. The quantitative estimate of drug-likeness (QED) is 0.106. The van der Waals surface area contributed by atoms with Crippen LogP contribution in [-0.4, -0.2) is 98.1 Å². The Balaban J connectivity index is 0.908. The van der Waals surface area contributed by atoms with Gasteiger partial charge in [-0.05, 0) is 68.9 Å². The number of nitrogens with one attached hydrogen (secondary N) is 4. The van der Waals surface area contributed by atoms with Crippen LogP contribution in [0.2, 0.25) is 0 Å². The van der Waals surface area contributed by atoms with Crippen LogP contribution in [-0.2, 0) is 19.1 Å². The maximum atomic E-state index is 14.0. The van der Waals surface area contributed by atoms with Crippen molar-refractivity contribution in [3.05, 3.63) is 115 Å². The lowest BCUT2D eigenvalue weighted by Gasteiger charge is -2.31. The first kappa shape index (κ1) is 40.4. The number of benzene rings is 2. The number of ether oxygens (including phenoxy) is 2. The highest BCUT2D eigenvalue weighted by molar-refractivity contribution is 5.90. The fourth-order valence-electron chi connectivity index (χ4n) is 9.13. The van der Waals surface area contributed by atoms with Gasteiger partial charge in [-0.25, -0.2) is 24.5 Å². The molecule has 62 heavy (non-hydrogen) atoms. The number of hydrogen-bond donors (Lipinski definition) is 4. The van der Waals surface area contributed by atoms with Gasteiger partial charge in [0.25, 0.3) is 0 Å². The maximum absolute atomic E-state index is 14.0. The molecule has 2 fully saturated rings. The lowest BCUT2D eigenvalue weighted by atomic mass is 9.93. The minimum absolute atomic E-state index is 0.172. The van der Waals surface area contributed by atoms with Gasteiger partial charge in [0.2, 0.25) is 11.8 Å². The predicted molar refractivity (Wildman–Crippen MR) is 233 cm³/mol. The Morgan fingerprint density at radius 2 is 1.26 bits per heavy atom. The molecule has 0 spiro atoms. The van der Waals surface area contributed by atoms with Crippen LogP contribution >= 0.6 is 0 Å². The van der Waals surface area contributed by atoms with Crippen molar-refractivity contribution in [2.24, 2.45) is 11.8 Å². The first-order valence-electron chi connectivity index (χ1n) is 21.2. The molecule has 3 aromatic heterocycles. The van der Waals surface area contributed by atoms with Crippen molar-refractivity contribution in [3.63, 3.8) is 0 Å². The van der Waals surface area contributed by atoms with Gasteiger partial charge in [0.05, 0.1) is 60.4 Å². The molecule has 0 saturated carbocycles. The van der Waals surface area contributed by atoms with E-state index in [0.717, 1.165) is 83.0 Å². The summed E-state index contributed by atoms with van der Waals surface area (Å²) in [5, 5.41) is 6.49. The summed E-state index contributed by atoms with van der Waals surface area (Å²) < 4.78 is 9.73. The van der Waals surface area contributed by atoms with Gasteiger partial charge in [-0.3, -0.25) is 9.59 Å². The highest BCUT2D eigenvalue weighted by Gasteiger charge is 2.40. The van der Waals surface area contributed by atoms with Crippen LogP contribution in [0.5, 0.6) is 0 Å². The SMILES string of the molecule is COC(=O)N[C@H](C(=O)N1CCC[C@H]1c1ncc(-c2ccc3nc(-c4ccc5nc([C@@H]6CCCN6C(=O)[C@@H](NC(=O)OC)C6C=CCC=C6)[nH]c5c4)ccc3c2)[nH]1)C1C=CCC=C1. The summed E-state index contributed by atoms with van der Waals surface area (Å²) in [5.41, 5.74) is 5.95. The summed E-state index contributed by atoms with van der Waals surface area (Å²) in [6.07, 6.45) is 21.0. The van der Waals surface area contributed by atoms with Crippen LogP contribution in [0.1, 0.15) is 62.3 Å². The zero-order chi connectivity index (χ0) is 42.7. The summed E-state index contributed by atoms with van der Waals surface area (Å²) in [6, 6.07) is 14.0. The third-order valence-electron chi connectivity index (χ3n) is 12.3. The van der Waals surface area contributed by atoms with Crippen molar-refractivity contribution < 1.29 is 28.7 Å². The van der Waals surface area contributed by atoms with Gasteiger partial charge in [-0.1, -0.05) is 66.8 Å². The molecule has 0 radical (unpaired) electrons. The Labute approximate surface area is 358 Å². The number of carbonyl (C=O) groups excluding carboxylic acids is 4. The number of amides is 4. The van der Waals surface area contributed by atoms with Crippen molar-refractivity contribution in [2.75, 3.05) is 27.3 Å². The molecule has 4 atom stereocenters. The van der Waals surface area contributed by atoms with E-state index in [-0.39, 0.29) is 35.7 Å². The molecule has 4 N–H and O–H groups in total. The highest BCUT2D eigenvalue weighted by Crippen LogP contribution is 2.36. The summed E-state index contributed by atoms with van der Waals surface area (Å²) in [7, 11) is 2.59. The molecule has 4 aliphatic rings. The first-order valence-corrected chi connectivity index (χ1v) is 21.2. The van der Waals surface area contributed by atoms with Gasteiger partial charge in [-0.2, -0.15) is 0 Å². The Morgan fingerprint density at radius 1 is 0.677 bits per heavy atom. The van der Waals surface area contributed by atoms with Crippen molar-refractivity contribution in [3.8, 4) is 22.5 Å². The Bertz CT molecular complexity index is 2620. The van der Waals surface area contributed by atoms with E-state index in [2.05, 4.69) is 32.7 Å². The molecule has 2 aliphatic carbocycles. The molecule has 2 saturated heterocycles. The van der Waals surface area contributed by atoms with E-state index in [1.165, 1.54) is 14.2 Å². The number of aromatic nitrogens is 5. The molecule has 15 nitrogen and oxygen atoms in total. The smallest absolute Gasteiger partial charge is 0.407 e. The van der Waals surface area contributed by atoms with Crippen LogP contribution in [0.25, 0.3) is 44.5 Å². The number of aromatic amines is 2. The second-order valence-electron chi connectivity index (χ2n) is 16.1. The number of methoxy groups -OCH3 is 2. The fraction of sp³-hybridized carbons (Fsp3) is 0.340. The van der Waals surface area contributed by atoms with E-state index >= 15 is 0 Å². The predicted octanol–water partition coefficient (Wildman–Crippen LogP) is 7.21. The molecule has 318 valence electrons. The normalized spacial score (nSPS) is 19.9. The van der Waals surface area contributed by atoms with E-state index in [4.69, 9.17) is 24.4 Å². The van der Waals surface area contributed by atoms with Crippen LogP contribution in [0.3, 0.4) is 0 Å². The number of nitrogens with zero attached hydrogens (tertiary/aromatic N) is 5. The topological polar surface area (TPSA) is 188 Å². The second kappa shape index (κ2) is 17.5. The Morgan fingerprint density at radius 3 is 1.87 bits per heavy atom. The minimum Gasteiger partial charge on any atom is -0.453 e. The van der Waals surface area contributed by atoms with Crippen molar-refractivity contribution in [1.82, 2.24) is 45.4 Å². The zero-order valence-electron chi connectivity index (χ0n) is 34.6. The average molecular weight is 836 g/mol. The van der Waals surface area contributed by atoms with Crippen LogP contribution in [0, 0.1) is 11.8 Å². The van der Waals surface area contributed by atoms with Crippen LogP contribution < -0.4 is 10.6 Å². The standard InChI is InChI=1S/C47H49N9O6/c1-61-46(59)53-40(28-11-5-3-6-12-28)44(57)55-23-9-15-38(55)42-48-27-37(52-42)31-18-21-33-30(25-31)17-20-34(49-33)32-19-22-35-36(26-32)51-43(50-35)39-16-10-24-56(39)45(58)41(54-47(60)62-2)29-13-7-4-8-14-29/h5-8,11-14,17-22,25-29,38-41H,3-4,9-10,15-16,23-24H2,1-2H3,(H,48,52)(H,50,51)(H,53,59)(H,54,60)/t38-,39-,40-,41-/m0/s1. The molecule has 0 unspecified atom stereocenters. The third-order valence-corrected chi connectivity index (χ3v) is 12.3. The summed E-state index contributed by atoms with van der Waals surface area (Å²) in [4.78, 5) is 77.9. The number of rotatable bonds is 10. The zero-order valence-corrected chi connectivity index (χ0v) is 34.6. The minimum atomic E-state index is -0.793. The van der Waals surface area contributed by atoms with Gasteiger partial charge in [0.1, 0.15) is 23.7 Å². The number of likely N-dealkylation sites (tertiary alicyclic amines) is 2. The fourth-order valence-corrected chi connectivity index (χ4v) is 9.13. The lowest BCUT2D eigenvalue weighted by molar-refractivity contribution is -0.135. The first-order chi connectivity index (χ1) is 30.3. The number of hydrogen-bond acceptors (Lipinski definition) is 9. The lowest BCUT2D eigenvalue weighted by Crippen LogP contribution is -2.51. The van der Waals surface area contributed by atoms with E-state index in [9.17, 15) is 19.2 Å². The number of fused-ring (bicyclic) bond motifs is 2.